The van der Waals surface area contributed by atoms with Crippen molar-refractivity contribution in [2.45, 2.75) is 127 Å². The van der Waals surface area contributed by atoms with E-state index in [1.54, 1.807) is 0 Å². The first-order valence-corrected chi connectivity index (χ1v) is 14.9. The van der Waals surface area contributed by atoms with Gasteiger partial charge in [-0.1, -0.05) is 83.3 Å². The highest BCUT2D eigenvalue weighted by atomic mass is 32.3. The number of carbonyl (C=O) groups is 1. The number of carbonyl (C=O) groups excluding carboxylic acids is 1. The second kappa shape index (κ2) is 19.8. The predicted octanol–water partition coefficient (Wildman–Crippen LogP) is 1.36. The van der Waals surface area contributed by atoms with Gasteiger partial charge in [-0.15, -0.1) is 0 Å². The number of hydrogen-bond acceptors (Lipinski definition) is 10. The molecule has 0 spiro atoms. The van der Waals surface area contributed by atoms with Gasteiger partial charge in [0.1, 0.15) is 24.4 Å². The molecule has 0 bridgehead atoms. The average molecular weight is 570 g/mol. The molecule has 7 atom stereocenters. The zero-order chi connectivity index (χ0) is 28.4. The lowest BCUT2D eigenvalue weighted by atomic mass is 9.99. The molecule has 1 unspecified atom stereocenters. The molecule has 0 aliphatic carbocycles. The van der Waals surface area contributed by atoms with E-state index in [4.69, 9.17) is 14.0 Å². The number of hydrogen-bond donors (Lipinski definition) is 6. The van der Waals surface area contributed by atoms with Gasteiger partial charge in [-0.05, 0) is 12.8 Å². The van der Waals surface area contributed by atoms with Crippen LogP contribution in [0.1, 0.15) is 84.0 Å². The van der Waals surface area contributed by atoms with Crippen molar-refractivity contribution >= 4 is 16.8 Å². The van der Waals surface area contributed by atoms with Crippen LogP contribution >= 0.6 is 0 Å². The van der Waals surface area contributed by atoms with E-state index >= 15 is 0 Å². The molecule has 0 aromatic carbocycles. The fourth-order valence-electron chi connectivity index (χ4n) is 4.27. The summed E-state index contributed by atoms with van der Waals surface area (Å²) in [4.78, 5) is 11.0. The number of allylic oxidation sites excluding steroid dienone is 1. The predicted molar refractivity (Wildman–Crippen MR) is 139 cm³/mol. The van der Waals surface area contributed by atoms with E-state index in [2.05, 4.69) is 16.4 Å². The molecule has 6 N–H and O–H groups in total. The molecule has 1 heterocycles. The number of amides is 1. The molecular formula is C25H47NO11S. The van der Waals surface area contributed by atoms with Crippen LogP contribution in [0.25, 0.3) is 0 Å². The van der Waals surface area contributed by atoms with Crippen LogP contribution in [0.3, 0.4) is 0 Å². The summed E-state index contributed by atoms with van der Waals surface area (Å²) in [5, 5.41) is 42.6. The van der Waals surface area contributed by atoms with Gasteiger partial charge in [-0.2, -0.15) is 8.42 Å². The first-order chi connectivity index (χ1) is 18.1. The third kappa shape index (κ3) is 14.3. The maximum absolute atomic E-state index is 11.1. The third-order valence-electron chi connectivity index (χ3n) is 6.50. The van der Waals surface area contributed by atoms with Crippen molar-refractivity contribution in [2.24, 2.45) is 0 Å². The maximum Gasteiger partial charge on any atom is 0.397 e. The van der Waals surface area contributed by atoms with Crippen molar-refractivity contribution in [3.8, 4) is 0 Å². The van der Waals surface area contributed by atoms with Gasteiger partial charge in [0.25, 0.3) is 0 Å². The Morgan fingerprint density at radius 2 is 1.55 bits per heavy atom. The van der Waals surface area contributed by atoms with Gasteiger partial charge in [0, 0.05) is 0 Å². The Labute approximate surface area is 226 Å². The Hall–Kier alpha value is -1.16. The molecular weight excluding hydrogens is 522 g/mol. The molecule has 13 heteroatoms. The van der Waals surface area contributed by atoms with Crippen LogP contribution < -0.4 is 5.32 Å². The molecule has 38 heavy (non-hydrogen) atoms. The topological polar surface area (TPSA) is 192 Å². The molecule has 1 saturated heterocycles. The Balaban J connectivity index is 2.42. The number of ether oxygens (including phenoxy) is 2. The van der Waals surface area contributed by atoms with Gasteiger partial charge in [0.05, 0.1) is 25.4 Å². The van der Waals surface area contributed by atoms with Crippen LogP contribution in [0.15, 0.2) is 12.2 Å². The summed E-state index contributed by atoms with van der Waals surface area (Å²) < 4.78 is 46.1. The molecule has 12 nitrogen and oxygen atoms in total. The van der Waals surface area contributed by atoms with Crippen molar-refractivity contribution in [1.82, 2.24) is 5.32 Å². The van der Waals surface area contributed by atoms with E-state index in [9.17, 15) is 33.6 Å². The first kappa shape index (κ1) is 34.9. The van der Waals surface area contributed by atoms with Crippen LogP contribution in [0.5, 0.6) is 0 Å². The summed E-state index contributed by atoms with van der Waals surface area (Å²) >= 11 is 0. The van der Waals surface area contributed by atoms with Gasteiger partial charge in [0.2, 0.25) is 6.41 Å². The van der Waals surface area contributed by atoms with Gasteiger partial charge >= 0.3 is 10.4 Å². The lowest BCUT2D eigenvalue weighted by molar-refractivity contribution is -0.298. The molecule has 1 aliphatic heterocycles. The lowest BCUT2D eigenvalue weighted by Gasteiger charge is -2.41. The summed E-state index contributed by atoms with van der Waals surface area (Å²) in [7, 11) is -5.05. The first-order valence-electron chi connectivity index (χ1n) is 13.6. The summed E-state index contributed by atoms with van der Waals surface area (Å²) in [6, 6.07) is -0.933. The highest BCUT2D eigenvalue weighted by Crippen LogP contribution is 2.25. The molecule has 0 aromatic rings. The second-order valence-electron chi connectivity index (χ2n) is 9.66. The fraction of sp³-hybridized carbons (Fsp3) is 0.880. The molecule has 0 saturated carbocycles. The number of rotatable bonds is 22. The quantitative estimate of drug-likeness (QED) is 0.0477. The van der Waals surface area contributed by atoms with Crippen molar-refractivity contribution < 1.29 is 51.8 Å². The summed E-state index contributed by atoms with van der Waals surface area (Å²) in [5.41, 5.74) is 0. The molecule has 224 valence electrons. The van der Waals surface area contributed by atoms with Crippen LogP contribution in [0.4, 0.5) is 0 Å². The Morgan fingerprint density at radius 3 is 2.08 bits per heavy atom. The van der Waals surface area contributed by atoms with Gasteiger partial charge in [0.15, 0.2) is 6.29 Å². The van der Waals surface area contributed by atoms with Crippen molar-refractivity contribution in [3.63, 3.8) is 0 Å². The summed E-state index contributed by atoms with van der Waals surface area (Å²) in [5.74, 6) is 0. The minimum Gasteiger partial charge on any atom is -0.394 e. The monoisotopic (exact) mass is 569 g/mol. The van der Waals surface area contributed by atoms with Gasteiger partial charge in [-0.3, -0.25) is 9.35 Å². The molecule has 1 fully saturated rings. The highest BCUT2D eigenvalue weighted by molar-refractivity contribution is 7.80. The largest absolute Gasteiger partial charge is 0.397 e. The highest BCUT2D eigenvalue weighted by Gasteiger charge is 2.47. The third-order valence-corrected chi connectivity index (χ3v) is 6.96. The zero-order valence-electron chi connectivity index (χ0n) is 22.3. The fourth-order valence-corrected chi connectivity index (χ4v) is 4.78. The van der Waals surface area contributed by atoms with Crippen molar-refractivity contribution in [2.75, 3.05) is 13.2 Å². The molecule has 0 radical (unpaired) electrons. The minimum atomic E-state index is -5.05. The molecule has 0 aromatic heterocycles. The number of nitrogens with one attached hydrogen (secondary N) is 1. The van der Waals surface area contributed by atoms with Crippen molar-refractivity contribution in [3.05, 3.63) is 12.2 Å². The van der Waals surface area contributed by atoms with Crippen LogP contribution in [0.2, 0.25) is 0 Å². The van der Waals surface area contributed by atoms with Crippen LogP contribution in [-0.4, -0.2) is 95.9 Å². The van der Waals surface area contributed by atoms with E-state index in [1.807, 2.05) is 6.08 Å². The van der Waals surface area contributed by atoms with E-state index in [-0.39, 0.29) is 6.61 Å². The van der Waals surface area contributed by atoms with Crippen LogP contribution in [0, 0.1) is 0 Å². The number of aliphatic hydroxyl groups excluding tert-OH is 4. The van der Waals surface area contributed by atoms with E-state index in [0.717, 1.165) is 19.3 Å². The SMILES string of the molecule is CCCCCCCCCCCCC/C=C/[C@@H](O)[C@H](COC1O[C@H](CO)[C@H](O)[C@H](OS(=O)(=O)O)[C@H]1O)NC=O. The molecule has 1 aliphatic rings. The standard InChI is InChI=1S/C25H47NO11S/c1-2-3-4-5-6-7-8-9-10-11-12-13-14-15-20(29)19(26-18-28)17-35-25-23(31)24(37-38(32,33)34)22(30)21(16-27)36-25/h14-15,18-25,27,29-31H,2-13,16-17H2,1H3,(H,26,28)(H,32,33,34)/b15-14+/t19-,20+,21+,22-,23+,24-,25?/m0/s1. The number of aliphatic hydroxyl groups is 4. The number of unbranched alkanes of at least 4 members (excludes halogenated alkanes) is 11. The van der Waals surface area contributed by atoms with Crippen LogP contribution in [-0.2, 0) is 28.9 Å². The summed E-state index contributed by atoms with van der Waals surface area (Å²) in [6.07, 6.45) is 8.43. The minimum absolute atomic E-state index is 0.364. The Bertz CT molecular complexity index is 752. The van der Waals surface area contributed by atoms with Gasteiger partial charge in [-0.25, -0.2) is 4.18 Å². The normalized spacial score (nSPS) is 25.9. The van der Waals surface area contributed by atoms with Crippen molar-refractivity contribution in [1.29, 1.82) is 0 Å². The zero-order valence-corrected chi connectivity index (χ0v) is 23.1. The Kier molecular flexibility index (Phi) is 18.2. The summed E-state index contributed by atoms with van der Waals surface area (Å²) in [6.45, 7) is 1.09. The van der Waals surface area contributed by atoms with E-state index in [0.29, 0.717) is 6.41 Å². The average Bonchev–Trinajstić information content (AvgIpc) is 2.87. The lowest BCUT2D eigenvalue weighted by Crippen LogP contribution is -2.61. The van der Waals surface area contributed by atoms with E-state index < -0.39 is 59.9 Å². The smallest absolute Gasteiger partial charge is 0.394 e. The van der Waals surface area contributed by atoms with Gasteiger partial charge < -0.3 is 35.2 Å². The maximum atomic E-state index is 11.1. The molecule has 1 rings (SSSR count). The molecule has 1 amide bonds. The Morgan fingerprint density at radius 1 is 0.974 bits per heavy atom. The second-order valence-corrected chi connectivity index (χ2v) is 10.7. The van der Waals surface area contributed by atoms with E-state index in [1.165, 1.54) is 63.9 Å².